The molecule has 2 atom stereocenters. The Morgan fingerprint density at radius 2 is 1.83 bits per heavy atom. The predicted molar refractivity (Wildman–Crippen MR) is 133 cm³/mol. The standard InChI is InChI=1S/C23H26Cl2N2O5.CH2O2/c1-3-9-32-23(31)26-13-14(2)27-22(30)21-18(24)10-15(11-19(21)25)7-8-20(29)16-5-4-6-17(28)12-16;2-1-3/h3-6,10-12,14,20,28-29H,1,7-9,13H2,2H3,(H,26,31)(H,27,30);1H,(H,2,3)/t14-,20?;/m1./s1. The Labute approximate surface area is 213 Å². The van der Waals surface area contributed by atoms with Crippen molar-refractivity contribution < 1.29 is 34.4 Å². The Morgan fingerprint density at radius 1 is 1.20 bits per heavy atom. The average Bonchev–Trinajstić information content (AvgIpc) is 2.80. The lowest BCUT2D eigenvalue weighted by atomic mass is 10.00. The number of carbonyl (C=O) groups excluding carboxylic acids is 2. The number of aryl methyl sites for hydroxylation is 1. The first-order valence-corrected chi connectivity index (χ1v) is 11.2. The van der Waals surface area contributed by atoms with Gasteiger partial charge in [-0.25, -0.2) is 4.79 Å². The first-order chi connectivity index (χ1) is 16.6. The first kappa shape index (κ1) is 29.8. The van der Waals surface area contributed by atoms with E-state index in [1.165, 1.54) is 18.2 Å². The van der Waals surface area contributed by atoms with Crippen LogP contribution in [0.25, 0.3) is 0 Å². The van der Waals surface area contributed by atoms with E-state index in [0.717, 1.165) is 5.56 Å². The van der Waals surface area contributed by atoms with Gasteiger partial charge in [-0.3, -0.25) is 9.59 Å². The number of hydrogen-bond acceptors (Lipinski definition) is 6. The topological polar surface area (TPSA) is 145 Å². The highest BCUT2D eigenvalue weighted by Gasteiger charge is 2.19. The van der Waals surface area contributed by atoms with Gasteiger partial charge >= 0.3 is 6.09 Å². The predicted octanol–water partition coefficient (Wildman–Crippen LogP) is 4.10. The van der Waals surface area contributed by atoms with Crippen LogP contribution >= 0.6 is 23.2 Å². The molecule has 0 fully saturated rings. The third-order valence-electron chi connectivity index (χ3n) is 4.55. The van der Waals surface area contributed by atoms with Gasteiger partial charge in [0, 0.05) is 12.6 Å². The van der Waals surface area contributed by atoms with E-state index in [1.807, 2.05) is 0 Å². The Morgan fingerprint density at radius 3 is 2.40 bits per heavy atom. The van der Waals surface area contributed by atoms with Crippen LogP contribution in [0.1, 0.15) is 40.9 Å². The molecule has 0 saturated heterocycles. The fourth-order valence-corrected chi connectivity index (χ4v) is 3.66. The van der Waals surface area contributed by atoms with Crippen molar-refractivity contribution in [1.82, 2.24) is 10.6 Å². The summed E-state index contributed by atoms with van der Waals surface area (Å²) in [4.78, 5) is 32.4. The largest absolute Gasteiger partial charge is 0.508 e. The Hall–Kier alpha value is -3.27. The van der Waals surface area contributed by atoms with E-state index in [9.17, 15) is 19.8 Å². The van der Waals surface area contributed by atoms with Crippen LogP contribution in [0.15, 0.2) is 49.1 Å². The number of alkyl carbamates (subject to hydrolysis) is 1. The van der Waals surface area contributed by atoms with E-state index in [2.05, 4.69) is 17.2 Å². The monoisotopic (exact) mass is 526 g/mol. The number of rotatable bonds is 10. The second-order valence-electron chi connectivity index (χ2n) is 7.33. The molecule has 2 aromatic carbocycles. The van der Waals surface area contributed by atoms with Crippen LogP contribution in [0, 0.1) is 0 Å². The van der Waals surface area contributed by atoms with Gasteiger partial charge < -0.3 is 30.7 Å². The average molecular weight is 527 g/mol. The third kappa shape index (κ3) is 10.7. The van der Waals surface area contributed by atoms with Crippen LogP contribution in [0.5, 0.6) is 5.75 Å². The summed E-state index contributed by atoms with van der Waals surface area (Å²) < 4.78 is 4.80. The Bertz CT molecular complexity index is 994. The smallest absolute Gasteiger partial charge is 0.407 e. The number of ether oxygens (including phenoxy) is 1. The summed E-state index contributed by atoms with van der Waals surface area (Å²) in [6.45, 7) is 5.16. The molecular weight excluding hydrogens is 499 g/mol. The lowest BCUT2D eigenvalue weighted by Gasteiger charge is -2.17. The van der Waals surface area contributed by atoms with Crippen molar-refractivity contribution in [2.24, 2.45) is 0 Å². The molecule has 0 aliphatic carbocycles. The molecule has 35 heavy (non-hydrogen) atoms. The minimum atomic E-state index is -0.769. The van der Waals surface area contributed by atoms with Crippen LogP contribution in [-0.4, -0.2) is 53.0 Å². The number of benzene rings is 2. The van der Waals surface area contributed by atoms with Crippen LogP contribution in [0.2, 0.25) is 10.0 Å². The van der Waals surface area contributed by atoms with E-state index in [4.69, 9.17) is 37.8 Å². The molecule has 0 saturated carbocycles. The summed E-state index contributed by atoms with van der Waals surface area (Å²) in [6.07, 6.45) is 0.914. The number of phenolic OH excluding ortho intramolecular Hbond substituents is 1. The van der Waals surface area contributed by atoms with Gasteiger partial charge in [0.15, 0.2) is 0 Å². The molecule has 1 unspecified atom stereocenters. The first-order valence-electron chi connectivity index (χ1n) is 10.5. The van der Waals surface area contributed by atoms with Gasteiger partial charge in [-0.15, -0.1) is 0 Å². The minimum Gasteiger partial charge on any atom is -0.508 e. The van der Waals surface area contributed by atoms with Gasteiger partial charge in [0.2, 0.25) is 0 Å². The number of aromatic hydroxyl groups is 1. The summed E-state index contributed by atoms with van der Waals surface area (Å²) in [5.74, 6) is -0.388. The van der Waals surface area contributed by atoms with E-state index < -0.39 is 24.1 Å². The molecular formula is C24H28Cl2N2O7. The minimum absolute atomic E-state index is 0.0843. The molecule has 2 aromatic rings. The quantitative estimate of drug-likeness (QED) is 0.231. The van der Waals surface area contributed by atoms with Crippen molar-refractivity contribution >= 4 is 41.7 Å². The van der Waals surface area contributed by atoms with Crippen molar-refractivity contribution in [2.75, 3.05) is 13.2 Å². The lowest BCUT2D eigenvalue weighted by molar-refractivity contribution is -0.122. The fraction of sp³-hybridized carbons (Fsp3) is 0.292. The molecule has 0 radical (unpaired) electrons. The van der Waals surface area contributed by atoms with E-state index in [1.54, 1.807) is 31.2 Å². The molecule has 11 heteroatoms. The van der Waals surface area contributed by atoms with Gasteiger partial charge in [0.25, 0.3) is 12.4 Å². The summed E-state index contributed by atoms with van der Waals surface area (Å²) >= 11 is 12.6. The zero-order valence-corrected chi connectivity index (χ0v) is 20.6. The number of nitrogens with one attached hydrogen (secondary N) is 2. The number of carboxylic acid groups (broad SMARTS) is 1. The van der Waals surface area contributed by atoms with Crippen LogP contribution in [-0.2, 0) is 16.0 Å². The lowest BCUT2D eigenvalue weighted by Crippen LogP contribution is -2.42. The second kappa shape index (κ2) is 15.6. The van der Waals surface area contributed by atoms with Gasteiger partial charge in [0.05, 0.1) is 21.7 Å². The second-order valence-corrected chi connectivity index (χ2v) is 8.15. The van der Waals surface area contributed by atoms with Crippen molar-refractivity contribution in [2.45, 2.75) is 31.9 Å². The molecule has 0 aromatic heterocycles. The van der Waals surface area contributed by atoms with E-state index >= 15 is 0 Å². The number of carbonyl (C=O) groups is 3. The van der Waals surface area contributed by atoms with Gasteiger partial charge in [-0.05, 0) is 55.2 Å². The summed E-state index contributed by atoms with van der Waals surface area (Å²) in [7, 11) is 0. The van der Waals surface area contributed by atoms with Crippen molar-refractivity contribution in [3.05, 3.63) is 75.8 Å². The van der Waals surface area contributed by atoms with Crippen molar-refractivity contribution in [1.29, 1.82) is 0 Å². The molecule has 190 valence electrons. The van der Waals surface area contributed by atoms with Gasteiger partial charge in [-0.2, -0.15) is 0 Å². The Kier molecular flexibility index (Phi) is 13.3. The zero-order valence-electron chi connectivity index (χ0n) is 19.0. The molecule has 0 bridgehead atoms. The summed E-state index contributed by atoms with van der Waals surface area (Å²) in [5, 5.41) is 32.4. The summed E-state index contributed by atoms with van der Waals surface area (Å²) in [6, 6.07) is 9.30. The normalized spacial score (nSPS) is 11.8. The van der Waals surface area contributed by atoms with Gasteiger partial charge in [0.1, 0.15) is 12.4 Å². The molecule has 2 rings (SSSR count). The van der Waals surface area contributed by atoms with Crippen LogP contribution in [0.3, 0.4) is 0 Å². The van der Waals surface area contributed by atoms with Crippen molar-refractivity contribution in [3.63, 3.8) is 0 Å². The highest BCUT2D eigenvalue weighted by molar-refractivity contribution is 6.39. The maximum absolute atomic E-state index is 12.6. The molecule has 0 aliphatic rings. The summed E-state index contributed by atoms with van der Waals surface area (Å²) in [5.41, 5.74) is 1.50. The SMILES string of the molecule is C=CCOC(=O)NC[C@@H](C)NC(=O)c1c(Cl)cc(CCC(O)c2cccc(O)c2)cc1Cl.O=CO. The van der Waals surface area contributed by atoms with Crippen molar-refractivity contribution in [3.8, 4) is 5.75 Å². The molecule has 0 spiro atoms. The molecule has 9 nitrogen and oxygen atoms in total. The molecule has 0 aliphatic heterocycles. The maximum atomic E-state index is 12.6. The maximum Gasteiger partial charge on any atom is 0.407 e. The van der Waals surface area contributed by atoms with E-state index in [0.29, 0.717) is 18.4 Å². The highest BCUT2D eigenvalue weighted by atomic mass is 35.5. The van der Waals surface area contributed by atoms with E-state index in [-0.39, 0.29) is 41.0 Å². The molecule has 2 amide bonds. The fourth-order valence-electron chi connectivity index (χ4n) is 2.96. The third-order valence-corrected chi connectivity index (χ3v) is 5.15. The van der Waals surface area contributed by atoms with Gasteiger partial charge in [-0.1, -0.05) is 48.0 Å². The number of aliphatic hydroxyl groups excluding tert-OH is 1. The number of halogens is 2. The molecule has 0 heterocycles. The molecule has 5 N–H and O–H groups in total. The zero-order chi connectivity index (χ0) is 26.4. The number of aliphatic hydroxyl groups is 1. The van der Waals surface area contributed by atoms with Crippen LogP contribution < -0.4 is 10.6 Å². The number of phenols is 1. The number of amides is 2. The highest BCUT2D eigenvalue weighted by Crippen LogP contribution is 2.29. The van der Waals surface area contributed by atoms with Crippen LogP contribution in [0.4, 0.5) is 4.79 Å². The number of hydrogen-bond donors (Lipinski definition) is 5. The Balaban J connectivity index is 0.00000194.